The molecule has 0 fully saturated rings. The first kappa shape index (κ1) is 21.6. The Kier molecular flexibility index (Phi) is 15.2. The molecular formula is C15H28IN3O2S. The van der Waals surface area contributed by atoms with Crippen LogP contribution in [0.25, 0.3) is 0 Å². The lowest BCUT2D eigenvalue weighted by Gasteiger charge is -2.11. The van der Waals surface area contributed by atoms with E-state index < -0.39 is 0 Å². The van der Waals surface area contributed by atoms with Gasteiger partial charge in [0.1, 0.15) is 0 Å². The van der Waals surface area contributed by atoms with E-state index in [-0.39, 0.29) is 24.0 Å². The van der Waals surface area contributed by atoms with Crippen molar-refractivity contribution in [2.24, 2.45) is 4.99 Å². The van der Waals surface area contributed by atoms with Crippen LogP contribution in [0.4, 0.5) is 0 Å². The smallest absolute Gasteiger partial charge is 0.191 e. The van der Waals surface area contributed by atoms with Crippen LogP contribution < -0.4 is 10.6 Å². The van der Waals surface area contributed by atoms with Crippen LogP contribution in [0.1, 0.15) is 25.3 Å². The van der Waals surface area contributed by atoms with Gasteiger partial charge in [0.25, 0.3) is 0 Å². The Morgan fingerprint density at radius 2 is 2.09 bits per heavy atom. The quantitative estimate of drug-likeness (QED) is 0.240. The molecule has 5 nitrogen and oxygen atoms in total. The average Bonchev–Trinajstić information content (AvgIpc) is 3.00. The molecule has 0 saturated carbocycles. The van der Waals surface area contributed by atoms with Crippen molar-refractivity contribution in [3.63, 3.8) is 0 Å². The molecule has 0 aliphatic rings. The van der Waals surface area contributed by atoms with E-state index in [1.54, 1.807) is 18.4 Å². The number of unbranched alkanes of at least 4 members (excludes halogenated alkanes) is 1. The number of methoxy groups -OCH3 is 1. The van der Waals surface area contributed by atoms with E-state index >= 15 is 0 Å². The van der Waals surface area contributed by atoms with Crippen LogP contribution in [0.5, 0.6) is 0 Å². The molecule has 0 aliphatic heterocycles. The van der Waals surface area contributed by atoms with Crippen molar-refractivity contribution in [2.75, 3.05) is 40.0 Å². The fourth-order valence-corrected chi connectivity index (χ4v) is 2.33. The summed E-state index contributed by atoms with van der Waals surface area (Å²) in [5, 5.41) is 10.8. The van der Waals surface area contributed by atoms with Crippen LogP contribution in [-0.2, 0) is 16.0 Å². The van der Waals surface area contributed by atoms with Crippen molar-refractivity contribution in [3.8, 4) is 0 Å². The summed E-state index contributed by atoms with van der Waals surface area (Å²) in [6, 6.07) is 2.11. The molecule has 0 aliphatic carbocycles. The number of halogens is 1. The molecule has 0 bridgehead atoms. The first-order valence-electron chi connectivity index (χ1n) is 7.46. The number of aliphatic imine (C=N–C) groups is 1. The fourth-order valence-electron chi connectivity index (χ4n) is 1.67. The third-order valence-corrected chi connectivity index (χ3v) is 3.52. The minimum absolute atomic E-state index is 0. The van der Waals surface area contributed by atoms with Gasteiger partial charge in [-0.1, -0.05) is 0 Å². The molecule has 0 amide bonds. The van der Waals surface area contributed by atoms with Crippen LogP contribution in [0.2, 0.25) is 0 Å². The highest BCUT2D eigenvalue weighted by Gasteiger charge is 1.97. The standard InChI is InChI=1S/C15H27N3O2S.HI/c1-3-16-15(18-12-14-6-11-21-13-14)17-7-4-5-8-20-10-9-19-2;/h6,11,13H,3-5,7-10,12H2,1-2H3,(H2,16,17,18);1H. The van der Waals surface area contributed by atoms with E-state index in [0.29, 0.717) is 13.2 Å². The zero-order valence-electron chi connectivity index (χ0n) is 13.5. The summed E-state index contributed by atoms with van der Waals surface area (Å²) in [6.07, 6.45) is 2.11. The van der Waals surface area contributed by atoms with Gasteiger partial charge in [-0.15, -0.1) is 24.0 Å². The van der Waals surface area contributed by atoms with E-state index in [1.807, 2.05) is 0 Å². The number of nitrogens with one attached hydrogen (secondary N) is 2. The topological polar surface area (TPSA) is 54.9 Å². The zero-order valence-corrected chi connectivity index (χ0v) is 16.6. The second kappa shape index (κ2) is 15.5. The van der Waals surface area contributed by atoms with Gasteiger partial charge >= 0.3 is 0 Å². The summed E-state index contributed by atoms with van der Waals surface area (Å²) in [5.41, 5.74) is 1.25. The predicted octanol–water partition coefficient (Wildman–Crippen LogP) is 2.86. The number of nitrogens with zero attached hydrogens (tertiary/aromatic N) is 1. The molecule has 128 valence electrons. The molecule has 2 N–H and O–H groups in total. The van der Waals surface area contributed by atoms with Crippen LogP contribution in [-0.4, -0.2) is 46.0 Å². The van der Waals surface area contributed by atoms with Gasteiger partial charge < -0.3 is 20.1 Å². The van der Waals surface area contributed by atoms with Crippen molar-refractivity contribution in [1.29, 1.82) is 0 Å². The normalized spacial score (nSPS) is 11.1. The number of thiophene rings is 1. The zero-order chi connectivity index (χ0) is 15.2. The molecule has 7 heteroatoms. The molecule has 1 aromatic rings. The molecule has 0 spiro atoms. The number of hydrogen-bond donors (Lipinski definition) is 2. The lowest BCUT2D eigenvalue weighted by Crippen LogP contribution is -2.37. The van der Waals surface area contributed by atoms with E-state index in [0.717, 1.165) is 45.0 Å². The van der Waals surface area contributed by atoms with Crippen LogP contribution >= 0.6 is 35.3 Å². The van der Waals surface area contributed by atoms with Gasteiger partial charge in [-0.05, 0) is 42.2 Å². The molecule has 1 rings (SSSR count). The predicted molar refractivity (Wildman–Crippen MR) is 104 cm³/mol. The summed E-state index contributed by atoms with van der Waals surface area (Å²) in [5.74, 6) is 0.879. The maximum absolute atomic E-state index is 5.43. The van der Waals surface area contributed by atoms with Crippen molar-refractivity contribution in [1.82, 2.24) is 10.6 Å². The first-order valence-corrected chi connectivity index (χ1v) is 8.41. The summed E-state index contributed by atoms with van der Waals surface area (Å²) in [7, 11) is 1.69. The maximum Gasteiger partial charge on any atom is 0.191 e. The Bertz CT molecular complexity index is 375. The summed E-state index contributed by atoms with van der Waals surface area (Å²) >= 11 is 1.70. The highest BCUT2D eigenvalue weighted by Crippen LogP contribution is 2.06. The molecular weight excluding hydrogens is 413 g/mol. The van der Waals surface area contributed by atoms with Gasteiger partial charge in [0.2, 0.25) is 0 Å². The molecule has 0 aromatic carbocycles. The van der Waals surface area contributed by atoms with Crippen molar-refractivity contribution >= 4 is 41.3 Å². The average molecular weight is 441 g/mol. The van der Waals surface area contributed by atoms with E-state index in [2.05, 4.69) is 39.4 Å². The van der Waals surface area contributed by atoms with Crippen molar-refractivity contribution in [2.45, 2.75) is 26.3 Å². The van der Waals surface area contributed by atoms with Gasteiger partial charge in [0, 0.05) is 26.8 Å². The third-order valence-electron chi connectivity index (χ3n) is 2.78. The fraction of sp³-hybridized carbons (Fsp3) is 0.667. The van der Waals surface area contributed by atoms with Gasteiger partial charge in [0.15, 0.2) is 5.96 Å². The Labute approximate surface area is 154 Å². The molecule has 22 heavy (non-hydrogen) atoms. The van der Waals surface area contributed by atoms with Gasteiger partial charge in [-0.25, -0.2) is 4.99 Å². The SMILES string of the molecule is CCNC(=NCc1ccsc1)NCCCCOCCOC.I. The Morgan fingerprint density at radius 1 is 1.23 bits per heavy atom. The summed E-state index contributed by atoms with van der Waals surface area (Å²) in [6.45, 7) is 6.70. The minimum Gasteiger partial charge on any atom is -0.382 e. The molecule has 0 radical (unpaired) electrons. The van der Waals surface area contributed by atoms with Crippen molar-refractivity contribution < 1.29 is 9.47 Å². The number of ether oxygens (including phenoxy) is 2. The second-order valence-corrected chi connectivity index (χ2v) is 5.35. The third kappa shape index (κ3) is 11.2. The first-order chi connectivity index (χ1) is 10.4. The van der Waals surface area contributed by atoms with Crippen molar-refractivity contribution in [3.05, 3.63) is 22.4 Å². The lowest BCUT2D eigenvalue weighted by molar-refractivity contribution is 0.0689. The monoisotopic (exact) mass is 441 g/mol. The van der Waals surface area contributed by atoms with E-state index in [4.69, 9.17) is 9.47 Å². The molecule has 1 heterocycles. The second-order valence-electron chi connectivity index (χ2n) is 4.57. The van der Waals surface area contributed by atoms with Gasteiger partial charge in [-0.2, -0.15) is 11.3 Å². The van der Waals surface area contributed by atoms with E-state index in [1.165, 1.54) is 5.56 Å². The summed E-state index contributed by atoms with van der Waals surface area (Å²) < 4.78 is 10.4. The highest BCUT2D eigenvalue weighted by atomic mass is 127. The minimum atomic E-state index is 0. The molecule has 0 saturated heterocycles. The van der Waals surface area contributed by atoms with Gasteiger partial charge in [0.05, 0.1) is 19.8 Å². The van der Waals surface area contributed by atoms with Crippen LogP contribution in [0.15, 0.2) is 21.8 Å². The molecule has 1 aromatic heterocycles. The Morgan fingerprint density at radius 3 is 2.77 bits per heavy atom. The van der Waals surface area contributed by atoms with Crippen LogP contribution in [0.3, 0.4) is 0 Å². The van der Waals surface area contributed by atoms with Gasteiger partial charge in [-0.3, -0.25) is 0 Å². The highest BCUT2D eigenvalue weighted by molar-refractivity contribution is 14.0. The molecule has 0 unspecified atom stereocenters. The molecule has 0 atom stereocenters. The number of guanidine groups is 1. The lowest BCUT2D eigenvalue weighted by atomic mass is 10.3. The van der Waals surface area contributed by atoms with Crippen LogP contribution in [0, 0.1) is 0 Å². The Hall–Kier alpha value is -0.380. The Balaban J connectivity index is 0.00000441. The number of hydrogen-bond acceptors (Lipinski definition) is 4. The summed E-state index contributed by atoms with van der Waals surface area (Å²) in [4.78, 5) is 4.57. The maximum atomic E-state index is 5.43. The van der Waals surface area contributed by atoms with E-state index in [9.17, 15) is 0 Å². The largest absolute Gasteiger partial charge is 0.382 e. The number of rotatable bonds is 11.